The molecule has 0 radical (unpaired) electrons. The second-order valence-electron chi connectivity index (χ2n) is 8.65. The fourth-order valence-corrected chi connectivity index (χ4v) is 5.26. The Balaban J connectivity index is 0.000000231. The summed E-state index contributed by atoms with van der Waals surface area (Å²) in [7, 11) is -3.81. The largest absolute Gasteiger partial charge is 0.549 e. The summed E-state index contributed by atoms with van der Waals surface area (Å²) < 4.78 is 25.6. The minimum Gasteiger partial charge on any atom is -0.549 e. The molecule has 0 saturated heterocycles. The van der Waals surface area contributed by atoms with Crippen molar-refractivity contribution >= 4 is 16.0 Å². The highest BCUT2D eigenvalue weighted by molar-refractivity contribution is 7.89. The normalized spacial score (nSPS) is 19.0. The molecule has 2 aliphatic rings. The molecule has 8 heteroatoms. The van der Waals surface area contributed by atoms with E-state index in [-0.39, 0.29) is 4.90 Å². The number of carboxylic acids is 1. The first kappa shape index (κ1) is 25.3. The average Bonchev–Trinajstić information content (AvgIpc) is 2.76. The van der Waals surface area contributed by atoms with Crippen LogP contribution in [0.15, 0.2) is 29.2 Å². The van der Waals surface area contributed by atoms with Crippen LogP contribution in [-0.4, -0.2) is 33.0 Å². The smallest absolute Gasteiger partial charge is 0.240 e. The number of sulfonamides is 1. The molecule has 0 spiro atoms. The van der Waals surface area contributed by atoms with Gasteiger partial charge in [0.15, 0.2) is 0 Å². The van der Waals surface area contributed by atoms with Crippen LogP contribution in [-0.2, 0) is 14.8 Å². The molecule has 2 aliphatic carbocycles. The van der Waals surface area contributed by atoms with Crippen LogP contribution in [0.1, 0.15) is 69.8 Å². The topological polar surface area (TPSA) is 127 Å². The van der Waals surface area contributed by atoms with Crippen LogP contribution < -0.4 is 15.1 Å². The van der Waals surface area contributed by atoms with Gasteiger partial charge >= 0.3 is 0 Å². The zero-order chi connectivity index (χ0) is 22.7. The molecule has 0 aliphatic heterocycles. The Morgan fingerprint density at radius 1 is 1.06 bits per heavy atom. The van der Waals surface area contributed by atoms with Crippen LogP contribution in [0.25, 0.3) is 0 Å². The second kappa shape index (κ2) is 12.8. The average molecular weight is 450 g/mol. The number of rotatable bonds is 7. The molecule has 172 valence electrons. The van der Waals surface area contributed by atoms with E-state index in [0.717, 1.165) is 17.6 Å². The maximum atomic E-state index is 11.8. The SMILES string of the molecule is C1CCC([NH2+]C2CCCCC2)CC1.Cc1ccc(S(=O)(=O)NCC(C#N)C(=O)[O-])cc1. The third-order valence-electron chi connectivity index (χ3n) is 6.09. The maximum Gasteiger partial charge on any atom is 0.240 e. The van der Waals surface area contributed by atoms with Crippen molar-refractivity contribution in [2.24, 2.45) is 5.92 Å². The lowest BCUT2D eigenvalue weighted by atomic mass is 9.91. The van der Waals surface area contributed by atoms with Gasteiger partial charge in [0, 0.05) is 6.54 Å². The quantitative estimate of drug-likeness (QED) is 0.650. The zero-order valence-electron chi connectivity index (χ0n) is 18.4. The molecule has 1 atom stereocenters. The standard InChI is InChI=1S/C12H23N.C11H12N2O4S/c1-3-7-11(8-4-1)13-12-9-5-2-6-10-12;1-8-2-4-10(5-3-8)18(16,17)13-7-9(6-12)11(14)15/h11-13H,1-10H2;2-5,9,13H,7H2,1H3,(H,14,15). The zero-order valence-corrected chi connectivity index (χ0v) is 19.2. The van der Waals surface area contributed by atoms with E-state index in [1.165, 1.54) is 82.4 Å². The van der Waals surface area contributed by atoms with E-state index in [1.807, 2.05) is 6.92 Å². The fraction of sp³-hybridized carbons (Fsp3) is 0.652. The van der Waals surface area contributed by atoms with Crippen molar-refractivity contribution in [1.29, 1.82) is 5.26 Å². The van der Waals surface area contributed by atoms with Gasteiger partial charge in [0.05, 0.1) is 34.9 Å². The Kier molecular flexibility index (Phi) is 10.4. The summed E-state index contributed by atoms with van der Waals surface area (Å²) >= 11 is 0. The molecule has 0 amide bonds. The first-order valence-electron chi connectivity index (χ1n) is 11.3. The maximum absolute atomic E-state index is 11.8. The molecule has 2 saturated carbocycles. The lowest BCUT2D eigenvalue weighted by molar-refractivity contribution is -0.725. The van der Waals surface area contributed by atoms with Crippen molar-refractivity contribution in [2.75, 3.05) is 6.54 Å². The van der Waals surface area contributed by atoms with Crippen LogP contribution in [0.3, 0.4) is 0 Å². The molecule has 3 rings (SSSR count). The molecule has 1 aromatic carbocycles. The number of carbonyl (C=O) groups excluding carboxylic acids is 1. The Morgan fingerprint density at radius 3 is 1.97 bits per heavy atom. The van der Waals surface area contributed by atoms with Crippen LogP contribution in [0, 0.1) is 24.2 Å². The van der Waals surface area contributed by atoms with Crippen molar-refractivity contribution in [3.8, 4) is 6.07 Å². The van der Waals surface area contributed by atoms with Crippen molar-refractivity contribution < 1.29 is 23.6 Å². The van der Waals surface area contributed by atoms with Gasteiger partial charge in [-0.25, -0.2) is 13.1 Å². The number of hydrogen-bond acceptors (Lipinski definition) is 5. The van der Waals surface area contributed by atoms with E-state index in [9.17, 15) is 18.3 Å². The highest BCUT2D eigenvalue weighted by Crippen LogP contribution is 2.18. The van der Waals surface area contributed by atoms with Gasteiger partial charge in [-0.2, -0.15) is 5.26 Å². The Morgan fingerprint density at radius 2 is 1.55 bits per heavy atom. The van der Waals surface area contributed by atoms with Gasteiger partial charge in [-0.3, -0.25) is 0 Å². The molecule has 0 heterocycles. The van der Waals surface area contributed by atoms with Gasteiger partial charge in [-0.05, 0) is 70.4 Å². The minimum absolute atomic E-state index is 0.0168. The summed E-state index contributed by atoms with van der Waals surface area (Å²) in [5.41, 5.74) is 0.901. The molecule has 7 nitrogen and oxygen atoms in total. The van der Waals surface area contributed by atoms with Crippen LogP contribution >= 0.6 is 0 Å². The lowest BCUT2D eigenvalue weighted by Crippen LogP contribution is -2.95. The number of benzene rings is 1. The van der Waals surface area contributed by atoms with Gasteiger partial charge in [-0.15, -0.1) is 0 Å². The van der Waals surface area contributed by atoms with E-state index < -0.39 is 28.5 Å². The third kappa shape index (κ3) is 8.98. The summed E-state index contributed by atoms with van der Waals surface area (Å²) in [6, 6.07) is 9.48. The molecule has 1 unspecified atom stereocenters. The molecule has 2 fully saturated rings. The van der Waals surface area contributed by atoms with Gasteiger partial charge < -0.3 is 15.2 Å². The lowest BCUT2D eigenvalue weighted by Gasteiger charge is -2.27. The second-order valence-corrected chi connectivity index (χ2v) is 10.4. The number of nitriles is 1. The molecule has 1 aromatic rings. The van der Waals surface area contributed by atoms with Crippen LogP contribution in [0.2, 0.25) is 0 Å². The van der Waals surface area contributed by atoms with E-state index in [4.69, 9.17) is 5.26 Å². The molecule has 0 aromatic heterocycles. The number of carboxylic acid groups (broad SMARTS) is 1. The number of quaternary nitrogens is 1. The monoisotopic (exact) mass is 449 g/mol. The van der Waals surface area contributed by atoms with Crippen LogP contribution in [0.4, 0.5) is 0 Å². The number of carbonyl (C=O) groups is 1. The van der Waals surface area contributed by atoms with Gasteiger partial charge in [0.25, 0.3) is 0 Å². The summed E-state index contributed by atoms with van der Waals surface area (Å²) in [6.45, 7) is 1.29. The summed E-state index contributed by atoms with van der Waals surface area (Å²) in [4.78, 5) is 10.5. The van der Waals surface area contributed by atoms with Crippen molar-refractivity contribution in [3.05, 3.63) is 29.8 Å². The number of nitrogens with one attached hydrogen (secondary N) is 1. The number of aliphatic carboxylic acids is 1. The van der Waals surface area contributed by atoms with E-state index >= 15 is 0 Å². The molecule has 0 bridgehead atoms. The number of nitrogens with two attached hydrogens (primary N) is 1. The van der Waals surface area contributed by atoms with Gasteiger partial charge in [0.1, 0.15) is 0 Å². The number of nitrogens with zero attached hydrogens (tertiary/aromatic N) is 1. The number of hydrogen-bond donors (Lipinski definition) is 2. The molecular weight excluding hydrogens is 414 g/mol. The Bertz CT molecular complexity index is 805. The summed E-state index contributed by atoms with van der Waals surface area (Å²) in [5, 5.41) is 21.7. The van der Waals surface area contributed by atoms with Crippen molar-refractivity contribution in [2.45, 2.75) is 88.1 Å². The highest BCUT2D eigenvalue weighted by atomic mass is 32.2. The predicted octanol–water partition coefficient (Wildman–Crippen LogP) is 1.38. The summed E-state index contributed by atoms with van der Waals surface area (Å²) in [5.74, 6) is -3.12. The molecule has 3 N–H and O–H groups in total. The van der Waals surface area contributed by atoms with Crippen molar-refractivity contribution in [1.82, 2.24) is 4.72 Å². The van der Waals surface area contributed by atoms with Crippen molar-refractivity contribution in [3.63, 3.8) is 0 Å². The first-order chi connectivity index (χ1) is 14.8. The highest BCUT2D eigenvalue weighted by Gasteiger charge is 2.22. The van der Waals surface area contributed by atoms with Gasteiger partial charge in [0.2, 0.25) is 10.0 Å². The number of aryl methyl sites for hydroxylation is 1. The molecular formula is C23H35N3O4S. The third-order valence-corrected chi connectivity index (χ3v) is 7.53. The fourth-order valence-electron chi connectivity index (χ4n) is 4.21. The van der Waals surface area contributed by atoms with Crippen LogP contribution in [0.5, 0.6) is 0 Å². The summed E-state index contributed by atoms with van der Waals surface area (Å²) in [6.07, 6.45) is 15.0. The van der Waals surface area contributed by atoms with E-state index in [2.05, 4.69) is 10.0 Å². The Hall–Kier alpha value is -1.95. The van der Waals surface area contributed by atoms with E-state index in [0.29, 0.717) is 0 Å². The molecule has 31 heavy (non-hydrogen) atoms. The predicted molar refractivity (Wildman–Crippen MR) is 116 cm³/mol. The van der Waals surface area contributed by atoms with E-state index in [1.54, 1.807) is 12.1 Å². The minimum atomic E-state index is -3.81. The van der Waals surface area contributed by atoms with Gasteiger partial charge in [-0.1, -0.05) is 30.5 Å². The first-order valence-corrected chi connectivity index (χ1v) is 12.8. The Labute approximate surface area is 186 Å².